The van der Waals surface area contributed by atoms with Gasteiger partial charge in [-0.25, -0.2) is 4.98 Å². The Morgan fingerprint density at radius 1 is 1.10 bits per heavy atom. The molecule has 0 bridgehead atoms. The van der Waals surface area contributed by atoms with Crippen LogP contribution < -0.4 is 5.32 Å². The van der Waals surface area contributed by atoms with Crippen LogP contribution in [0.3, 0.4) is 0 Å². The number of ether oxygens (including phenoxy) is 1. The second kappa shape index (κ2) is 7.03. The second-order valence-corrected chi connectivity index (χ2v) is 5.68. The van der Waals surface area contributed by atoms with Crippen molar-refractivity contribution in [1.82, 2.24) is 10.3 Å². The first-order valence-electron chi connectivity index (χ1n) is 7.33. The highest BCUT2D eigenvalue weighted by atomic mass is 35.5. The molecule has 1 aliphatic rings. The molecule has 1 aliphatic heterocycles. The molecule has 1 aromatic carbocycles. The number of pyridine rings is 1. The van der Waals surface area contributed by atoms with E-state index in [9.17, 15) is 0 Å². The van der Waals surface area contributed by atoms with E-state index in [1.807, 2.05) is 18.3 Å². The Balaban J connectivity index is 1.57. The first kappa shape index (κ1) is 14.5. The first-order valence-corrected chi connectivity index (χ1v) is 7.70. The zero-order valence-electron chi connectivity index (χ0n) is 11.9. The molecule has 2 aromatic rings. The summed E-state index contributed by atoms with van der Waals surface area (Å²) in [7, 11) is 0. The van der Waals surface area contributed by atoms with Crippen LogP contribution in [0.4, 0.5) is 0 Å². The first-order chi connectivity index (χ1) is 10.3. The van der Waals surface area contributed by atoms with Crippen LogP contribution in [-0.2, 0) is 17.6 Å². The third kappa shape index (κ3) is 4.03. The van der Waals surface area contributed by atoms with Crippen molar-refractivity contribution in [3.63, 3.8) is 0 Å². The van der Waals surface area contributed by atoms with Gasteiger partial charge >= 0.3 is 0 Å². The van der Waals surface area contributed by atoms with E-state index in [0.717, 1.165) is 32.5 Å². The van der Waals surface area contributed by atoms with Crippen molar-refractivity contribution in [1.29, 1.82) is 0 Å². The summed E-state index contributed by atoms with van der Waals surface area (Å²) in [6.45, 7) is 2.63. The molecule has 3 rings (SSSR count). The Kier molecular flexibility index (Phi) is 4.86. The smallest absolute Gasteiger partial charge is 0.129 e. The maximum absolute atomic E-state index is 5.79. The van der Waals surface area contributed by atoms with Crippen LogP contribution in [0.2, 0.25) is 5.15 Å². The molecule has 0 spiro atoms. The molecular weight excluding hydrogens is 284 g/mol. The van der Waals surface area contributed by atoms with E-state index in [0.29, 0.717) is 5.15 Å². The molecule has 1 saturated heterocycles. The van der Waals surface area contributed by atoms with Gasteiger partial charge in [0.1, 0.15) is 5.15 Å². The summed E-state index contributed by atoms with van der Waals surface area (Å²) in [4.78, 5) is 4.11. The van der Waals surface area contributed by atoms with Crippen molar-refractivity contribution >= 4 is 11.6 Å². The number of nitrogens with one attached hydrogen (secondary N) is 1. The summed E-state index contributed by atoms with van der Waals surface area (Å²) in [5.74, 6) is 0. The molecule has 0 saturated carbocycles. The lowest BCUT2D eigenvalue weighted by molar-refractivity contribution is 0.0277. The summed E-state index contributed by atoms with van der Waals surface area (Å²) >= 11 is 5.79. The van der Waals surface area contributed by atoms with Crippen LogP contribution >= 0.6 is 11.6 Å². The quantitative estimate of drug-likeness (QED) is 0.881. The number of morpholine rings is 1. The molecule has 110 valence electrons. The lowest BCUT2D eigenvalue weighted by Crippen LogP contribution is -2.33. The average Bonchev–Trinajstić information content (AvgIpc) is 2.56. The van der Waals surface area contributed by atoms with Crippen molar-refractivity contribution in [2.45, 2.75) is 18.9 Å². The van der Waals surface area contributed by atoms with E-state index in [1.165, 1.54) is 16.7 Å². The molecule has 0 amide bonds. The van der Waals surface area contributed by atoms with Crippen LogP contribution in [0, 0.1) is 0 Å². The van der Waals surface area contributed by atoms with Gasteiger partial charge in [0, 0.05) is 19.3 Å². The standard InChI is InChI=1S/C17H19ClN2O/c18-17-8-5-14(11-20-17)2-1-13-3-6-15(7-4-13)16-12-19-9-10-21-16/h3-8,11,16,19H,1-2,9-10,12H2/t16-/m1/s1. The number of halogens is 1. The minimum atomic E-state index is 0.188. The minimum Gasteiger partial charge on any atom is -0.371 e. The topological polar surface area (TPSA) is 34.1 Å². The minimum absolute atomic E-state index is 0.188. The van der Waals surface area contributed by atoms with Crippen molar-refractivity contribution in [3.8, 4) is 0 Å². The van der Waals surface area contributed by atoms with Crippen LogP contribution in [0.5, 0.6) is 0 Å². The summed E-state index contributed by atoms with van der Waals surface area (Å²) in [5.41, 5.74) is 3.79. The maximum Gasteiger partial charge on any atom is 0.129 e. The molecule has 4 heteroatoms. The van der Waals surface area contributed by atoms with Gasteiger partial charge in [-0.2, -0.15) is 0 Å². The number of hydrogen-bond donors (Lipinski definition) is 1. The van der Waals surface area contributed by atoms with Gasteiger partial charge in [-0.05, 0) is 35.6 Å². The Morgan fingerprint density at radius 2 is 1.86 bits per heavy atom. The van der Waals surface area contributed by atoms with Gasteiger partial charge in [-0.15, -0.1) is 0 Å². The fourth-order valence-electron chi connectivity index (χ4n) is 2.52. The Morgan fingerprint density at radius 3 is 2.52 bits per heavy atom. The normalized spacial score (nSPS) is 18.6. The molecule has 1 aromatic heterocycles. The van der Waals surface area contributed by atoms with Gasteiger partial charge in [-0.1, -0.05) is 41.9 Å². The highest BCUT2D eigenvalue weighted by Gasteiger charge is 2.14. The number of benzene rings is 1. The molecule has 0 unspecified atom stereocenters. The van der Waals surface area contributed by atoms with E-state index in [2.05, 4.69) is 34.6 Å². The number of aryl methyl sites for hydroxylation is 2. The largest absolute Gasteiger partial charge is 0.371 e. The molecular formula is C17H19ClN2O. The second-order valence-electron chi connectivity index (χ2n) is 5.29. The van der Waals surface area contributed by atoms with Gasteiger partial charge in [-0.3, -0.25) is 0 Å². The predicted octanol–water partition coefficient (Wildman–Crippen LogP) is 3.18. The molecule has 21 heavy (non-hydrogen) atoms. The van der Waals surface area contributed by atoms with Crippen LogP contribution in [0.1, 0.15) is 22.8 Å². The van der Waals surface area contributed by atoms with E-state index in [4.69, 9.17) is 16.3 Å². The number of nitrogens with zero attached hydrogens (tertiary/aromatic N) is 1. The van der Waals surface area contributed by atoms with Gasteiger partial charge in [0.15, 0.2) is 0 Å². The van der Waals surface area contributed by atoms with Crippen molar-refractivity contribution in [2.24, 2.45) is 0 Å². The number of rotatable bonds is 4. The average molecular weight is 303 g/mol. The van der Waals surface area contributed by atoms with E-state index in [-0.39, 0.29) is 6.10 Å². The third-order valence-corrected chi connectivity index (χ3v) is 3.99. The molecule has 0 radical (unpaired) electrons. The molecule has 1 atom stereocenters. The molecule has 1 fully saturated rings. The van der Waals surface area contributed by atoms with Crippen LogP contribution in [0.15, 0.2) is 42.6 Å². The van der Waals surface area contributed by atoms with E-state index < -0.39 is 0 Å². The third-order valence-electron chi connectivity index (χ3n) is 3.77. The highest BCUT2D eigenvalue weighted by molar-refractivity contribution is 6.29. The predicted molar refractivity (Wildman–Crippen MR) is 84.7 cm³/mol. The zero-order valence-corrected chi connectivity index (χ0v) is 12.6. The zero-order chi connectivity index (χ0) is 14.5. The summed E-state index contributed by atoms with van der Waals surface area (Å²) < 4.78 is 5.76. The Labute approximate surface area is 130 Å². The number of aromatic nitrogens is 1. The maximum atomic E-state index is 5.79. The van der Waals surface area contributed by atoms with Gasteiger partial charge in [0.2, 0.25) is 0 Å². The summed E-state index contributed by atoms with van der Waals surface area (Å²) in [5, 5.41) is 3.90. The van der Waals surface area contributed by atoms with Crippen molar-refractivity contribution in [3.05, 3.63) is 64.4 Å². The Bertz CT molecular complexity index is 562. The highest BCUT2D eigenvalue weighted by Crippen LogP contribution is 2.19. The van der Waals surface area contributed by atoms with Gasteiger partial charge in [0.05, 0.1) is 12.7 Å². The fourth-order valence-corrected chi connectivity index (χ4v) is 2.63. The summed E-state index contributed by atoms with van der Waals surface area (Å²) in [6.07, 6.45) is 4.02. The van der Waals surface area contributed by atoms with Gasteiger partial charge < -0.3 is 10.1 Å². The fraction of sp³-hybridized carbons (Fsp3) is 0.353. The monoisotopic (exact) mass is 302 g/mol. The molecule has 3 nitrogen and oxygen atoms in total. The van der Waals surface area contributed by atoms with Crippen LogP contribution in [0.25, 0.3) is 0 Å². The lowest BCUT2D eigenvalue weighted by atomic mass is 10.0. The van der Waals surface area contributed by atoms with Crippen molar-refractivity contribution < 1.29 is 4.74 Å². The van der Waals surface area contributed by atoms with Crippen molar-refractivity contribution in [2.75, 3.05) is 19.7 Å². The molecule has 2 heterocycles. The molecule has 1 N–H and O–H groups in total. The Hall–Kier alpha value is -1.42. The van der Waals surface area contributed by atoms with Crippen LogP contribution in [-0.4, -0.2) is 24.7 Å². The SMILES string of the molecule is Clc1ccc(CCc2ccc([C@H]3CNCCO3)cc2)cn1. The molecule has 0 aliphatic carbocycles. The van der Waals surface area contributed by atoms with E-state index in [1.54, 1.807) is 0 Å². The summed E-state index contributed by atoms with van der Waals surface area (Å²) in [6, 6.07) is 12.6. The lowest BCUT2D eigenvalue weighted by Gasteiger charge is -2.24. The van der Waals surface area contributed by atoms with E-state index >= 15 is 0 Å². The van der Waals surface area contributed by atoms with Gasteiger partial charge in [0.25, 0.3) is 0 Å². The number of hydrogen-bond acceptors (Lipinski definition) is 3.